The summed E-state index contributed by atoms with van der Waals surface area (Å²) in [6.07, 6.45) is 16.0. The number of hydrogen-bond donors (Lipinski definition) is 2. The lowest BCUT2D eigenvalue weighted by molar-refractivity contribution is -0.132. The summed E-state index contributed by atoms with van der Waals surface area (Å²) in [6.45, 7) is 11.1. The van der Waals surface area contributed by atoms with E-state index in [9.17, 15) is 4.79 Å². The topological polar surface area (TPSA) is 59.4 Å². The molecule has 32 heavy (non-hydrogen) atoms. The summed E-state index contributed by atoms with van der Waals surface area (Å²) in [5.74, 6) is 1.57. The van der Waals surface area contributed by atoms with E-state index in [0.717, 1.165) is 64.5 Å². The second-order valence-electron chi connectivity index (χ2n) is 10.4. The van der Waals surface area contributed by atoms with Crippen LogP contribution in [0.2, 0.25) is 0 Å². The Balaban J connectivity index is 1.57. The molecular weight excluding hydrogens is 396 g/mol. The van der Waals surface area contributed by atoms with Crippen molar-refractivity contribution in [1.82, 2.24) is 15.1 Å². The molecule has 5 heteroatoms. The molecule has 3 aliphatic rings. The second kappa shape index (κ2) is 11.9. The van der Waals surface area contributed by atoms with Crippen molar-refractivity contribution in [3.8, 4) is 0 Å². The van der Waals surface area contributed by atoms with Crippen LogP contribution in [0.4, 0.5) is 0 Å². The maximum atomic E-state index is 13.5. The summed E-state index contributed by atoms with van der Waals surface area (Å²) < 4.78 is 0. The molecule has 2 heterocycles. The summed E-state index contributed by atoms with van der Waals surface area (Å²) in [7, 11) is 0. The molecule has 3 rings (SSSR count). The summed E-state index contributed by atoms with van der Waals surface area (Å²) >= 11 is 0. The van der Waals surface area contributed by atoms with Crippen LogP contribution in [-0.4, -0.2) is 46.8 Å². The predicted octanol–water partition coefficient (Wildman–Crippen LogP) is 5.82. The first-order valence-corrected chi connectivity index (χ1v) is 13.4. The van der Waals surface area contributed by atoms with E-state index < -0.39 is 5.54 Å². The first-order chi connectivity index (χ1) is 15.5. The van der Waals surface area contributed by atoms with Gasteiger partial charge in [-0.1, -0.05) is 71.8 Å². The van der Waals surface area contributed by atoms with Crippen LogP contribution in [0.3, 0.4) is 0 Å². The molecule has 180 valence electrons. The van der Waals surface area contributed by atoms with Gasteiger partial charge in [0.25, 0.3) is 5.91 Å². The van der Waals surface area contributed by atoms with Gasteiger partial charge in [0.2, 0.25) is 0 Å². The number of rotatable bonds is 10. The van der Waals surface area contributed by atoms with Crippen LogP contribution in [-0.2, 0) is 4.79 Å². The van der Waals surface area contributed by atoms with Gasteiger partial charge >= 0.3 is 0 Å². The smallest absolute Gasteiger partial charge is 0.255 e. The molecule has 0 aromatic carbocycles. The van der Waals surface area contributed by atoms with Crippen molar-refractivity contribution >= 4 is 11.9 Å². The van der Waals surface area contributed by atoms with E-state index in [1.54, 1.807) is 4.90 Å². The second-order valence-corrected chi connectivity index (χ2v) is 10.4. The van der Waals surface area contributed by atoms with E-state index in [4.69, 9.17) is 5.41 Å². The average Bonchev–Trinajstić information content (AvgIpc) is 2.99. The SMILES string of the molecule is C=C=C(C1CCCCCC1)N1CCC(CN2C(=N)NC(CCCC)(CCCC)C2=O)CC1. The highest BCUT2D eigenvalue weighted by Crippen LogP contribution is 2.34. The van der Waals surface area contributed by atoms with E-state index >= 15 is 0 Å². The summed E-state index contributed by atoms with van der Waals surface area (Å²) in [5, 5.41) is 11.9. The highest BCUT2D eigenvalue weighted by Gasteiger charge is 2.48. The third-order valence-electron chi connectivity index (χ3n) is 8.02. The molecular formula is C27H46N4O. The maximum absolute atomic E-state index is 13.5. The number of carbonyl (C=O) groups is 1. The van der Waals surface area contributed by atoms with Crippen LogP contribution in [0.1, 0.15) is 104 Å². The molecule has 2 aliphatic heterocycles. The Morgan fingerprint density at radius 2 is 1.66 bits per heavy atom. The summed E-state index contributed by atoms with van der Waals surface area (Å²) in [4.78, 5) is 17.8. The molecule has 0 aromatic heterocycles. The van der Waals surface area contributed by atoms with Gasteiger partial charge in [-0.15, -0.1) is 5.73 Å². The van der Waals surface area contributed by atoms with Crippen molar-refractivity contribution < 1.29 is 4.79 Å². The molecule has 1 amide bonds. The molecule has 3 fully saturated rings. The van der Waals surface area contributed by atoms with Crippen LogP contribution in [0.15, 0.2) is 18.0 Å². The Morgan fingerprint density at radius 3 is 2.19 bits per heavy atom. The lowest BCUT2D eigenvalue weighted by Crippen LogP contribution is -2.47. The number of hydrogen-bond acceptors (Lipinski definition) is 3. The summed E-state index contributed by atoms with van der Waals surface area (Å²) in [6, 6.07) is 0. The Bertz CT molecular complexity index is 672. The zero-order valence-electron chi connectivity index (χ0n) is 20.7. The van der Waals surface area contributed by atoms with E-state index in [-0.39, 0.29) is 5.91 Å². The van der Waals surface area contributed by atoms with Gasteiger partial charge in [-0.25, -0.2) is 0 Å². The van der Waals surface area contributed by atoms with Gasteiger partial charge in [-0.3, -0.25) is 15.1 Å². The van der Waals surface area contributed by atoms with E-state index in [1.807, 2.05) is 0 Å². The molecule has 2 saturated heterocycles. The fourth-order valence-corrected chi connectivity index (χ4v) is 5.98. The number of likely N-dealkylation sites (tertiary alicyclic amines) is 1. The zero-order chi connectivity index (χ0) is 23.0. The van der Waals surface area contributed by atoms with Crippen LogP contribution in [0.5, 0.6) is 0 Å². The van der Waals surface area contributed by atoms with Crippen LogP contribution < -0.4 is 5.32 Å². The van der Waals surface area contributed by atoms with Crippen molar-refractivity contribution in [3.63, 3.8) is 0 Å². The normalized spacial score (nSPS) is 22.6. The minimum Gasteiger partial charge on any atom is -0.368 e. The number of amides is 1. The lowest BCUT2D eigenvalue weighted by atomic mass is 9.86. The molecule has 2 N–H and O–H groups in total. The van der Waals surface area contributed by atoms with Crippen LogP contribution >= 0.6 is 0 Å². The molecule has 0 atom stereocenters. The Morgan fingerprint density at radius 1 is 1.06 bits per heavy atom. The molecule has 1 saturated carbocycles. The minimum atomic E-state index is -0.540. The Hall–Kier alpha value is -1.74. The molecule has 0 spiro atoms. The fourth-order valence-electron chi connectivity index (χ4n) is 5.98. The Kier molecular flexibility index (Phi) is 9.28. The third kappa shape index (κ3) is 5.78. The minimum absolute atomic E-state index is 0.150. The monoisotopic (exact) mass is 442 g/mol. The number of nitrogens with one attached hydrogen (secondary N) is 2. The number of nitrogens with zero attached hydrogens (tertiary/aromatic N) is 2. The van der Waals surface area contributed by atoms with Crippen LogP contribution in [0, 0.1) is 17.2 Å². The molecule has 0 aromatic rings. The fraction of sp³-hybridized carbons (Fsp3) is 0.815. The predicted molar refractivity (Wildman–Crippen MR) is 132 cm³/mol. The number of allylic oxidation sites excluding steroid dienone is 1. The van der Waals surface area contributed by atoms with Crippen molar-refractivity contribution in [3.05, 3.63) is 18.0 Å². The molecule has 0 unspecified atom stereocenters. The quantitative estimate of drug-likeness (QED) is 0.331. The lowest BCUT2D eigenvalue weighted by Gasteiger charge is -2.38. The maximum Gasteiger partial charge on any atom is 0.255 e. The zero-order valence-corrected chi connectivity index (χ0v) is 20.7. The van der Waals surface area contributed by atoms with Crippen molar-refractivity contribution in [1.29, 1.82) is 5.41 Å². The molecule has 1 aliphatic carbocycles. The van der Waals surface area contributed by atoms with Crippen LogP contribution in [0.25, 0.3) is 0 Å². The van der Waals surface area contributed by atoms with Gasteiger partial charge in [0.1, 0.15) is 5.54 Å². The van der Waals surface area contributed by atoms with Gasteiger partial charge in [-0.2, -0.15) is 0 Å². The van der Waals surface area contributed by atoms with Gasteiger partial charge in [-0.05, 0) is 44.4 Å². The molecule has 0 bridgehead atoms. The Labute approximate surface area is 196 Å². The van der Waals surface area contributed by atoms with Gasteiger partial charge in [0.05, 0.1) is 5.70 Å². The van der Waals surface area contributed by atoms with E-state index in [2.05, 4.69) is 36.4 Å². The van der Waals surface area contributed by atoms with E-state index in [1.165, 1.54) is 44.2 Å². The first-order valence-electron chi connectivity index (χ1n) is 13.4. The number of carbonyl (C=O) groups excluding carboxylic acids is 1. The van der Waals surface area contributed by atoms with E-state index in [0.29, 0.717) is 24.3 Å². The molecule has 0 radical (unpaired) electrons. The number of guanidine groups is 1. The number of unbranched alkanes of at least 4 members (excludes halogenated alkanes) is 2. The van der Waals surface area contributed by atoms with Crippen molar-refractivity contribution in [2.24, 2.45) is 11.8 Å². The number of piperidine rings is 1. The first kappa shape index (κ1) is 24.9. The standard InChI is InChI=1S/C27H46N4O/c1-4-7-17-27(18-8-5-2)25(32)31(26(28)29-27)21-22-15-19-30(20-16-22)24(6-3)23-13-11-9-10-12-14-23/h22-23H,3-5,7-21H2,1-2H3,(H2,28,29). The highest BCUT2D eigenvalue weighted by molar-refractivity contribution is 6.07. The van der Waals surface area contributed by atoms with Gasteiger partial charge < -0.3 is 10.2 Å². The van der Waals surface area contributed by atoms with Gasteiger partial charge in [0, 0.05) is 25.6 Å². The van der Waals surface area contributed by atoms with Crippen molar-refractivity contribution in [2.45, 2.75) is 109 Å². The largest absolute Gasteiger partial charge is 0.368 e. The third-order valence-corrected chi connectivity index (χ3v) is 8.02. The average molecular weight is 443 g/mol. The molecule has 5 nitrogen and oxygen atoms in total. The highest BCUT2D eigenvalue weighted by atomic mass is 16.2. The van der Waals surface area contributed by atoms with Gasteiger partial charge in [0.15, 0.2) is 5.96 Å². The van der Waals surface area contributed by atoms with Crippen molar-refractivity contribution in [2.75, 3.05) is 19.6 Å². The summed E-state index contributed by atoms with van der Waals surface area (Å²) in [5.41, 5.74) is 4.11.